The van der Waals surface area contributed by atoms with Gasteiger partial charge in [-0.1, -0.05) is 48.5 Å². The average molecular weight is 310 g/mol. The van der Waals surface area contributed by atoms with Crippen molar-refractivity contribution in [3.8, 4) is 33.9 Å². The summed E-state index contributed by atoms with van der Waals surface area (Å²) < 4.78 is 0. The molecule has 2 aromatic heterocycles. The van der Waals surface area contributed by atoms with Crippen molar-refractivity contribution in [2.24, 2.45) is 0 Å². The second-order valence-corrected chi connectivity index (χ2v) is 5.30. The fraction of sp³-hybridized carbons (Fsp3) is 0. The van der Waals surface area contributed by atoms with Crippen LogP contribution in [-0.4, -0.2) is 19.9 Å². The highest BCUT2D eigenvalue weighted by molar-refractivity contribution is 5.70. The van der Waals surface area contributed by atoms with E-state index in [2.05, 4.69) is 44.2 Å². The fourth-order valence-corrected chi connectivity index (χ4v) is 2.52. The van der Waals surface area contributed by atoms with Gasteiger partial charge in [-0.25, -0.2) is 19.9 Å². The lowest BCUT2D eigenvalue weighted by Crippen LogP contribution is -1.88. The quantitative estimate of drug-likeness (QED) is 0.567. The molecule has 0 radical (unpaired) electrons. The van der Waals surface area contributed by atoms with Crippen LogP contribution in [0.3, 0.4) is 0 Å². The maximum absolute atomic E-state index is 4.27. The van der Waals surface area contributed by atoms with E-state index in [9.17, 15) is 0 Å². The second-order valence-electron chi connectivity index (χ2n) is 5.30. The maximum Gasteiger partial charge on any atom is 0.159 e. The molecule has 0 N–H and O–H groups in total. The van der Waals surface area contributed by atoms with Crippen molar-refractivity contribution in [1.82, 2.24) is 19.9 Å². The fourth-order valence-electron chi connectivity index (χ4n) is 2.52. The molecule has 0 spiro atoms. The van der Waals surface area contributed by atoms with Gasteiger partial charge in [-0.3, -0.25) is 0 Å². The third-order valence-corrected chi connectivity index (χ3v) is 3.75. The molecule has 2 aromatic carbocycles. The molecule has 0 aliphatic carbocycles. The van der Waals surface area contributed by atoms with E-state index < -0.39 is 0 Å². The maximum atomic E-state index is 4.27. The molecular formula is C20H14N4. The molecule has 0 bridgehead atoms. The van der Waals surface area contributed by atoms with Crippen molar-refractivity contribution in [1.29, 1.82) is 0 Å². The van der Waals surface area contributed by atoms with E-state index in [4.69, 9.17) is 0 Å². The van der Waals surface area contributed by atoms with E-state index in [1.807, 2.05) is 36.4 Å². The summed E-state index contributed by atoms with van der Waals surface area (Å²) in [6.45, 7) is 0. The van der Waals surface area contributed by atoms with Crippen molar-refractivity contribution >= 4 is 0 Å². The van der Waals surface area contributed by atoms with Gasteiger partial charge in [0.2, 0.25) is 0 Å². The molecule has 24 heavy (non-hydrogen) atoms. The zero-order valence-corrected chi connectivity index (χ0v) is 12.9. The summed E-state index contributed by atoms with van der Waals surface area (Å²) in [6, 6.07) is 20.1. The van der Waals surface area contributed by atoms with Crippen LogP contribution in [0, 0.1) is 0 Å². The van der Waals surface area contributed by atoms with Crippen LogP contribution in [0.2, 0.25) is 0 Å². The minimum Gasteiger partial charge on any atom is -0.237 e. The first-order chi connectivity index (χ1) is 11.9. The molecule has 0 fully saturated rings. The summed E-state index contributed by atoms with van der Waals surface area (Å²) >= 11 is 0. The zero-order valence-electron chi connectivity index (χ0n) is 12.9. The van der Waals surface area contributed by atoms with Crippen LogP contribution < -0.4 is 0 Å². The number of hydrogen-bond donors (Lipinski definition) is 0. The van der Waals surface area contributed by atoms with Crippen molar-refractivity contribution < 1.29 is 0 Å². The van der Waals surface area contributed by atoms with Gasteiger partial charge in [0.1, 0.15) is 0 Å². The Kier molecular flexibility index (Phi) is 3.78. The van der Waals surface area contributed by atoms with E-state index in [1.165, 1.54) is 0 Å². The summed E-state index contributed by atoms with van der Waals surface area (Å²) in [5.41, 5.74) is 4.31. The third kappa shape index (κ3) is 2.90. The highest BCUT2D eigenvalue weighted by Gasteiger charge is 2.04. The molecular weight excluding hydrogens is 296 g/mol. The van der Waals surface area contributed by atoms with Crippen LogP contribution in [0.15, 0.2) is 85.5 Å². The third-order valence-electron chi connectivity index (χ3n) is 3.75. The van der Waals surface area contributed by atoms with Gasteiger partial charge in [-0.05, 0) is 23.3 Å². The van der Waals surface area contributed by atoms with Crippen molar-refractivity contribution in [2.45, 2.75) is 0 Å². The van der Waals surface area contributed by atoms with Gasteiger partial charge in [0.25, 0.3) is 0 Å². The van der Waals surface area contributed by atoms with Crippen molar-refractivity contribution in [3.05, 3.63) is 85.5 Å². The molecule has 4 rings (SSSR count). The predicted molar refractivity (Wildman–Crippen MR) is 93.9 cm³/mol. The minimum atomic E-state index is 0.737. The first kappa shape index (κ1) is 14.2. The van der Waals surface area contributed by atoms with Gasteiger partial charge < -0.3 is 0 Å². The van der Waals surface area contributed by atoms with Crippen LogP contribution in [-0.2, 0) is 0 Å². The zero-order chi connectivity index (χ0) is 16.2. The largest absolute Gasteiger partial charge is 0.237 e. The predicted octanol–water partition coefficient (Wildman–Crippen LogP) is 4.27. The van der Waals surface area contributed by atoms with E-state index in [0.717, 1.165) is 33.9 Å². The number of hydrogen-bond acceptors (Lipinski definition) is 4. The van der Waals surface area contributed by atoms with Crippen LogP contribution in [0.5, 0.6) is 0 Å². The first-order valence-electron chi connectivity index (χ1n) is 7.65. The molecule has 2 heterocycles. The van der Waals surface area contributed by atoms with E-state index in [-0.39, 0.29) is 0 Å². The molecule has 0 unspecified atom stereocenters. The summed E-state index contributed by atoms with van der Waals surface area (Å²) in [4.78, 5) is 17.1. The Hall–Kier alpha value is -3.40. The first-order valence-corrected chi connectivity index (χ1v) is 7.65. The summed E-state index contributed by atoms with van der Waals surface area (Å²) in [5.74, 6) is 1.47. The monoisotopic (exact) mass is 310 g/mol. The standard InChI is InChI=1S/C20H14N4/c1-11-21-19(22-12-1)17-7-3-15(4-8-17)16-5-9-18(10-6-16)20-23-13-2-14-24-20/h1-14H. The highest BCUT2D eigenvalue weighted by atomic mass is 14.9. The topological polar surface area (TPSA) is 51.6 Å². The Balaban J connectivity index is 1.60. The Morgan fingerprint density at radius 3 is 1.00 bits per heavy atom. The van der Waals surface area contributed by atoms with Gasteiger partial charge >= 0.3 is 0 Å². The van der Waals surface area contributed by atoms with E-state index >= 15 is 0 Å². The lowest BCUT2D eigenvalue weighted by Gasteiger charge is -2.05. The Morgan fingerprint density at radius 1 is 0.375 bits per heavy atom. The highest BCUT2D eigenvalue weighted by Crippen LogP contribution is 2.25. The lowest BCUT2D eigenvalue weighted by atomic mass is 10.0. The van der Waals surface area contributed by atoms with Gasteiger partial charge in [-0.15, -0.1) is 0 Å². The molecule has 0 aliphatic heterocycles. The van der Waals surface area contributed by atoms with Crippen molar-refractivity contribution in [2.75, 3.05) is 0 Å². The van der Waals surface area contributed by atoms with Gasteiger partial charge in [0, 0.05) is 35.9 Å². The molecule has 4 heteroatoms. The number of benzene rings is 2. The Morgan fingerprint density at radius 2 is 0.667 bits per heavy atom. The number of rotatable bonds is 3. The van der Waals surface area contributed by atoms with Crippen molar-refractivity contribution in [3.63, 3.8) is 0 Å². The van der Waals surface area contributed by atoms with E-state index in [0.29, 0.717) is 0 Å². The number of aromatic nitrogens is 4. The van der Waals surface area contributed by atoms with Crippen LogP contribution in [0.1, 0.15) is 0 Å². The van der Waals surface area contributed by atoms with Crippen LogP contribution in [0.25, 0.3) is 33.9 Å². The summed E-state index contributed by atoms with van der Waals surface area (Å²) in [5, 5.41) is 0. The average Bonchev–Trinajstić information content (AvgIpc) is 2.70. The van der Waals surface area contributed by atoms with Gasteiger partial charge in [0.05, 0.1) is 0 Å². The Bertz CT molecular complexity index is 838. The normalized spacial score (nSPS) is 10.5. The molecule has 0 saturated heterocycles. The van der Waals surface area contributed by atoms with E-state index in [1.54, 1.807) is 24.8 Å². The molecule has 0 aliphatic rings. The molecule has 4 nitrogen and oxygen atoms in total. The molecule has 4 aromatic rings. The second kappa shape index (κ2) is 6.38. The Labute approximate surface area is 139 Å². The van der Waals surface area contributed by atoms with Crippen LogP contribution in [0.4, 0.5) is 0 Å². The van der Waals surface area contributed by atoms with Crippen LogP contribution >= 0.6 is 0 Å². The molecule has 0 saturated carbocycles. The van der Waals surface area contributed by atoms with Gasteiger partial charge in [0.15, 0.2) is 11.6 Å². The smallest absolute Gasteiger partial charge is 0.159 e. The molecule has 114 valence electrons. The lowest BCUT2D eigenvalue weighted by molar-refractivity contribution is 1.17. The minimum absolute atomic E-state index is 0.737. The van der Waals surface area contributed by atoms with Gasteiger partial charge in [-0.2, -0.15) is 0 Å². The molecule has 0 amide bonds. The SMILES string of the molecule is c1cnc(-c2ccc(-c3ccc(-c4ncccn4)cc3)cc2)nc1. The molecule has 0 atom stereocenters. The number of nitrogens with zero attached hydrogens (tertiary/aromatic N) is 4. The summed E-state index contributed by atoms with van der Waals surface area (Å²) in [6.07, 6.45) is 7.00. The summed E-state index contributed by atoms with van der Waals surface area (Å²) in [7, 11) is 0.